The molecular weight excluding hydrogens is 613 g/mol. The Hall–Kier alpha value is -4.78. The maximum atomic E-state index is 15.1. The van der Waals surface area contributed by atoms with Gasteiger partial charge in [0.1, 0.15) is 29.3 Å². The van der Waals surface area contributed by atoms with Crippen LogP contribution < -0.4 is 15.8 Å². The van der Waals surface area contributed by atoms with Crippen LogP contribution in [0.1, 0.15) is 27.2 Å². The average Bonchev–Trinajstić information content (AvgIpc) is 2.99. The van der Waals surface area contributed by atoms with Crippen LogP contribution in [0.2, 0.25) is 0 Å². The molecule has 3 aromatic carbocycles. The smallest absolute Gasteiger partial charge is 0.411 e. The number of aromatic nitrogens is 1. The van der Waals surface area contributed by atoms with Crippen LogP contribution in [0.5, 0.6) is 0 Å². The Balaban J connectivity index is 1.45. The Kier molecular flexibility index (Phi) is 8.89. The topological polar surface area (TPSA) is 101 Å². The molecule has 2 heterocycles. The molecule has 1 aliphatic heterocycles. The summed E-state index contributed by atoms with van der Waals surface area (Å²) >= 11 is 0. The zero-order valence-electron chi connectivity index (χ0n) is 25.0. The minimum Gasteiger partial charge on any atom is -0.480 e. The van der Waals surface area contributed by atoms with Gasteiger partial charge in [0.05, 0.1) is 18.8 Å². The number of anilines is 1. The summed E-state index contributed by atoms with van der Waals surface area (Å²) < 4.78 is 77.2. The minimum absolute atomic E-state index is 0.102. The SMILES string of the molecule is Cc1cc(C)n(C)c(=O)c1-c1ccc(C[C@H](NC(=O)c2c(F)cc(N3CCOC[C@@H]3C(F)(F)F)cc2F)C(=O)O)c2ccccc12. The molecule has 0 unspecified atom stereocenters. The highest BCUT2D eigenvalue weighted by Crippen LogP contribution is 2.34. The summed E-state index contributed by atoms with van der Waals surface area (Å²) in [6, 6.07) is 9.67. The molecule has 0 saturated carbocycles. The van der Waals surface area contributed by atoms with Gasteiger partial charge >= 0.3 is 12.1 Å². The molecular formula is C33H30F5N3O5. The molecule has 0 spiro atoms. The molecule has 1 saturated heterocycles. The zero-order chi connectivity index (χ0) is 33.5. The number of nitrogens with one attached hydrogen (secondary N) is 1. The van der Waals surface area contributed by atoms with Gasteiger partial charge in [-0.3, -0.25) is 9.59 Å². The molecule has 4 aromatic rings. The van der Waals surface area contributed by atoms with E-state index in [9.17, 15) is 32.7 Å². The Morgan fingerprint density at radius 1 is 1.04 bits per heavy atom. The Labute approximate surface area is 260 Å². The van der Waals surface area contributed by atoms with Gasteiger partial charge in [-0.1, -0.05) is 36.4 Å². The number of pyridine rings is 1. The van der Waals surface area contributed by atoms with Crippen LogP contribution in [0.3, 0.4) is 0 Å². The van der Waals surface area contributed by atoms with Gasteiger partial charge < -0.3 is 24.6 Å². The molecule has 8 nitrogen and oxygen atoms in total. The quantitative estimate of drug-likeness (QED) is 0.266. The maximum absolute atomic E-state index is 15.1. The Morgan fingerprint density at radius 3 is 2.33 bits per heavy atom. The van der Waals surface area contributed by atoms with Gasteiger partial charge in [0.2, 0.25) is 0 Å². The first kappa shape index (κ1) is 32.6. The lowest BCUT2D eigenvalue weighted by molar-refractivity contribution is -0.167. The van der Waals surface area contributed by atoms with Gasteiger partial charge in [-0.05, 0) is 59.5 Å². The van der Waals surface area contributed by atoms with Gasteiger partial charge in [0, 0.05) is 31.4 Å². The van der Waals surface area contributed by atoms with Gasteiger partial charge in [0.25, 0.3) is 11.5 Å². The second kappa shape index (κ2) is 12.5. The van der Waals surface area contributed by atoms with Gasteiger partial charge in [-0.2, -0.15) is 13.2 Å². The zero-order valence-corrected chi connectivity index (χ0v) is 25.0. The number of carbonyl (C=O) groups excluding carboxylic acids is 1. The normalized spacial score (nSPS) is 16.0. The summed E-state index contributed by atoms with van der Waals surface area (Å²) in [5.74, 6) is -5.77. The molecule has 1 aliphatic rings. The van der Waals surface area contributed by atoms with E-state index in [1.807, 2.05) is 19.9 Å². The minimum atomic E-state index is -4.74. The highest BCUT2D eigenvalue weighted by molar-refractivity contribution is 6.00. The lowest BCUT2D eigenvalue weighted by Crippen LogP contribution is -2.53. The Morgan fingerprint density at radius 2 is 1.70 bits per heavy atom. The van der Waals surface area contributed by atoms with Crippen molar-refractivity contribution in [2.45, 2.75) is 38.5 Å². The summed E-state index contributed by atoms with van der Waals surface area (Å²) in [5, 5.41) is 13.4. The first-order valence-electron chi connectivity index (χ1n) is 14.3. The van der Waals surface area contributed by atoms with E-state index in [1.165, 1.54) is 4.57 Å². The summed E-state index contributed by atoms with van der Waals surface area (Å²) in [7, 11) is 1.67. The number of carboxylic acids is 1. The fraction of sp³-hybridized carbons (Fsp3) is 0.303. The number of alkyl halides is 3. The van der Waals surface area contributed by atoms with Crippen molar-refractivity contribution in [2.75, 3.05) is 24.7 Å². The average molecular weight is 644 g/mol. The fourth-order valence-corrected chi connectivity index (χ4v) is 5.84. The first-order chi connectivity index (χ1) is 21.7. The molecule has 0 bridgehead atoms. The second-order valence-electron chi connectivity index (χ2n) is 11.2. The molecule has 1 aromatic heterocycles. The number of halogens is 5. The number of ether oxygens (including phenoxy) is 1. The molecule has 1 fully saturated rings. The molecule has 5 rings (SSSR count). The number of carbonyl (C=O) groups is 2. The van der Waals surface area contributed by atoms with E-state index in [0.29, 0.717) is 39.6 Å². The molecule has 0 aliphatic carbocycles. The van der Waals surface area contributed by atoms with Crippen molar-refractivity contribution < 1.29 is 41.4 Å². The van der Waals surface area contributed by atoms with E-state index in [-0.39, 0.29) is 25.1 Å². The van der Waals surface area contributed by atoms with Crippen LogP contribution in [0.15, 0.2) is 59.4 Å². The molecule has 1 amide bonds. The highest BCUT2D eigenvalue weighted by Gasteiger charge is 2.46. The molecule has 2 atom stereocenters. The van der Waals surface area contributed by atoms with Crippen LogP contribution in [-0.4, -0.2) is 59.6 Å². The number of benzene rings is 3. The predicted molar refractivity (Wildman–Crippen MR) is 161 cm³/mol. The largest absolute Gasteiger partial charge is 0.480 e. The van der Waals surface area contributed by atoms with Gasteiger partial charge in [-0.25, -0.2) is 13.6 Å². The van der Waals surface area contributed by atoms with E-state index < -0.39 is 59.6 Å². The van der Waals surface area contributed by atoms with Gasteiger partial charge in [-0.15, -0.1) is 0 Å². The van der Waals surface area contributed by atoms with Crippen LogP contribution in [0.4, 0.5) is 27.6 Å². The van der Waals surface area contributed by atoms with E-state index in [1.54, 1.807) is 43.4 Å². The number of hydrogen-bond acceptors (Lipinski definition) is 5. The first-order valence-corrected chi connectivity index (χ1v) is 14.3. The van der Waals surface area contributed by atoms with Crippen LogP contribution in [0.25, 0.3) is 21.9 Å². The van der Waals surface area contributed by atoms with Crippen molar-refractivity contribution in [3.8, 4) is 11.1 Å². The highest BCUT2D eigenvalue weighted by atomic mass is 19.4. The molecule has 13 heteroatoms. The van der Waals surface area contributed by atoms with E-state index in [2.05, 4.69) is 5.32 Å². The van der Waals surface area contributed by atoms with Gasteiger partial charge in [0.15, 0.2) is 0 Å². The second-order valence-corrected chi connectivity index (χ2v) is 11.2. The number of aryl methyl sites for hydroxylation is 2. The number of aliphatic carboxylic acids is 1. The summed E-state index contributed by atoms with van der Waals surface area (Å²) in [6.07, 6.45) is -5.02. The lowest BCUT2D eigenvalue weighted by Gasteiger charge is -2.38. The molecule has 2 N–H and O–H groups in total. The van der Waals surface area contributed by atoms with Crippen LogP contribution in [-0.2, 0) is 23.0 Å². The predicted octanol–water partition coefficient (Wildman–Crippen LogP) is 5.29. The molecule has 46 heavy (non-hydrogen) atoms. The van der Waals surface area contributed by atoms with Crippen LogP contribution in [0, 0.1) is 25.5 Å². The summed E-state index contributed by atoms with van der Waals surface area (Å²) in [4.78, 5) is 39.2. The monoisotopic (exact) mass is 643 g/mol. The third kappa shape index (κ3) is 6.19. The van der Waals surface area contributed by atoms with E-state index in [0.717, 1.165) is 16.2 Å². The number of hydrogen-bond donors (Lipinski definition) is 2. The standard InChI is InChI=1S/C33H30F5N3O5/c1-17-12-18(2)40(3)31(43)28(17)23-9-8-19(21-6-4-5-7-22(21)23)13-26(32(44)45)39-30(42)29-24(34)14-20(15-25(29)35)41-10-11-46-16-27(41)33(36,37)38/h4-9,12,14-15,26-27H,10-11,13,16H2,1-3H3,(H,39,42)(H,44,45)/t26-,27+/m0/s1. The van der Waals surface area contributed by atoms with Crippen molar-refractivity contribution >= 4 is 28.3 Å². The number of amides is 1. The van der Waals surface area contributed by atoms with Crippen molar-refractivity contribution in [2.24, 2.45) is 7.05 Å². The third-order valence-corrected chi connectivity index (χ3v) is 8.27. The third-order valence-electron chi connectivity index (χ3n) is 8.27. The van der Waals surface area contributed by atoms with Crippen LogP contribution >= 0.6 is 0 Å². The Bertz CT molecular complexity index is 1880. The fourth-order valence-electron chi connectivity index (χ4n) is 5.84. The molecule has 242 valence electrons. The lowest BCUT2D eigenvalue weighted by atomic mass is 9.91. The van der Waals surface area contributed by atoms with E-state index >= 15 is 8.78 Å². The van der Waals surface area contributed by atoms with Crippen molar-refractivity contribution in [3.63, 3.8) is 0 Å². The van der Waals surface area contributed by atoms with Crippen molar-refractivity contribution in [1.82, 2.24) is 9.88 Å². The number of carboxylic acid groups (broad SMARTS) is 1. The number of nitrogens with zero attached hydrogens (tertiary/aromatic N) is 2. The molecule has 0 radical (unpaired) electrons. The summed E-state index contributed by atoms with van der Waals surface area (Å²) in [6.45, 7) is 2.52. The number of fused-ring (bicyclic) bond motifs is 1. The maximum Gasteiger partial charge on any atom is 0.411 e. The van der Waals surface area contributed by atoms with Crippen molar-refractivity contribution in [1.29, 1.82) is 0 Å². The number of morpholine rings is 1. The van der Waals surface area contributed by atoms with Crippen molar-refractivity contribution in [3.05, 3.63) is 99.0 Å². The number of rotatable bonds is 7. The summed E-state index contributed by atoms with van der Waals surface area (Å²) in [5.41, 5.74) is 1.36. The van der Waals surface area contributed by atoms with E-state index in [4.69, 9.17) is 4.74 Å².